The van der Waals surface area contributed by atoms with Crippen LogP contribution in [-0.4, -0.2) is 29.1 Å². The highest BCUT2D eigenvalue weighted by Gasteiger charge is 2.19. The topological polar surface area (TPSA) is 41.1 Å². The summed E-state index contributed by atoms with van der Waals surface area (Å²) in [5, 5.41) is 4.18. The van der Waals surface area contributed by atoms with Crippen LogP contribution in [0.4, 0.5) is 19.1 Å². The maximum Gasteiger partial charge on any atom is 0.226 e. The van der Waals surface area contributed by atoms with Crippen LogP contribution in [0.1, 0.15) is 30.5 Å². The Bertz CT molecular complexity index is 1020. The largest absolute Gasteiger partial charge is 0.341 e. The SMILES string of the molecule is Cc1nc(N2CCC[C@@H](NCc3ccc(F)c(F)c3)CC2)nc2ccc(F)cc12. The van der Waals surface area contributed by atoms with Gasteiger partial charge in [-0.2, -0.15) is 0 Å². The Hall–Kier alpha value is -2.67. The molecule has 1 atom stereocenters. The summed E-state index contributed by atoms with van der Waals surface area (Å²) in [7, 11) is 0. The third-order valence-corrected chi connectivity index (χ3v) is 5.43. The molecule has 0 aliphatic carbocycles. The zero-order valence-corrected chi connectivity index (χ0v) is 16.3. The van der Waals surface area contributed by atoms with Crippen LogP contribution in [0.2, 0.25) is 0 Å². The van der Waals surface area contributed by atoms with Crippen LogP contribution < -0.4 is 10.2 Å². The molecule has 1 N–H and O–H groups in total. The number of hydrogen-bond donors (Lipinski definition) is 1. The number of nitrogens with one attached hydrogen (secondary N) is 1. The molecule has 2 aromatic carbocycles. The van der Waals surface area contributed by atoms with E-state index in [2.05, 4.69) is 20.2 Å². The fraction of sp³-hybridized carbons (Fsp3) is 0.364. The van der Waals surface area contributed by atoms with Gasteiger partial charge < -0.3 is 10.2 Å². The second-order valence-electron chi connectivity index (χ2n) is 7.51. The van der Waals surface area contributed by atoms with Gasteiger partial charge in [-0.25, -0.2) is 23.1 Å². The summed E-state index contributed by atoms with van der Waals surface area (Å²) < 4.78 is 39.9. The van der Waals surface area contributed by atoms with E-state index in [1.807, 2.05) is 6.92 Å². The van der Waals surface area contributed by atoms with Gasteiger partial charge >= 0.3 is 0 Å². The van der Waals surface area contributed by atoms with E-state index < -0.39 is 11.6 Å². The van der Waals surface area contributed by atoms with Gasteiger partial charge in [0, 0.05) is 31.1 Å². The highest BCUT2D eigenvalue weighted by molar-refractivity contribution is 5.81. The van der Waals surface area contributed by atoms with E-state index in [1.165, 1.54) is 18.2 Å². The first-order valence-electron chi connectivity index (χ1n) is 9.86. The van der Waals surface area contributed by atoms with Crippen LogP contribution in [0.25, 0.3) is 10.9 Å². The number of hydrogen-bond acceptors (Lipinski definition) is 4. The molecule has 3 aromatic rings. The third-order valence-electron chi connectivity index (χ3n) is 5.43. The second kappa shape index (κ2) is 8.37. The van der Waals surface area contributed by atoms with Crippen molar-refractivity contribution in [2.75, 3.05) is 18.0 Å². The Morgan fingerprint density at radius 3 is 2.69 bits per heavy atom. The van der Waals surface area contributed by atoms with Gasteiger partial charge in [0.05, 0.1) is 11.2 Å². The molecule has 0 radical (unpaired) electrons. The van der Waals surface area contributed by atoms with Crippen molar-refractivity contribution in [3.63, 3.8) is 0 Å². The summed E-state index contributed by atoms with van der Waals surface area (Å²) in [6.45, 7) is 4.01. The molecule has 1 aliphatic rings. The number of benzene rings is 2. The Morgan fingerprint density at radius 1 is 1.00 bits per heavy atom. The molecule has 1 saturated heterocycles. The highest BCUT2D eigenvalue weighted by atomic mass is 19.2. The lowest BCUT2D eigenvalue weighted by atomic mass is 10.1. The number of fused-ring (bicyclic) bond motifs is 1. The summed E-state index contributed by atoms with van der Waals surface area (Å²) in [6, 6.07) is 8.85. The van der Waals surface area contributed by atoms with Crippen molar-refractivity contribution in [2.24, 2.45) is 0 Å². The van der Waals surface area contributed by atoms with Crippen molar-refractivity contribution in [1.29, 1.82) is 0 Å². The molecule has 1 aromatic heterocycles. The molecular weight excluding hydrogens is 377 g/mol. The zero-order chi connectivity index (χ0) is 20.4. The summed E-state index contributed by atoms with van der Waals surface area (Å²) >= 11 is 0. The van der Waals surface area contributed by atoms with Crippen LogP contribution in [0.5, 0.6) is 0 Å². The van der Waals surface area contributed by atoms with Crippen LogP contribution >= 0.6 is 0 Å². The quantitative estimate of drug-likeness (QED) is 0.700. The summed E-state index contributed by atoms with van der Waals surface area (Å²) in [5.74, 6) is -1.27. The number of aryl methyl sites for hydroxylation is 1. The number of halogens is 3. The van der Waals surface area contributed by atoms with E-state index in [0.29, 0.717) is 12.5 Å². The molecule has 0 bridgehead atoms. The predicted molar refractivity (Wildman–Crippen MR) is 107 cm³/mol. The van der Waals surface area contributed by atoms with Crippen molar-refractivity contribution in [3.05, 3.63) is 65.1 Å². The maximum absolute atomic E-state index is 13.5. The van der Waals surface area contributed by atoms with E-state index in [0.717, 1.165) is 60.6 Å². The molecular formula is C22H23F3N4. The minimum atomic E-state index is -0.827. The van der Waals surface area contributed by atoms with Crippen molar-refractivity contribution in [3.8, 4) is 0 Å². The molecule has 1 fully saturated rings. The van der Waals surface area contributed by atoms with E-state index in [9.17, 15) is 13.2 Å². The average Bonchev–Trinajstić information content (AvgIpc) is 2.95. The predicted octanol–water partition coefficient (Wildman–Crippen LogP) is 4.50. The van der Waals surface area contributed by atoms with Crippen molar-refractivity contribution in [2.45, 2.75) is 38.8 Å². The Labute approximate surface area is 167 Å². The number of aromatic nitrogens is 2. The third kappa shape index (κ3) is 4.50. The first-order valence-corrected chi connectivity index (χ1v) is 9.86. The van der Waals surface area contributed by atoms with Crippen molar-refractivity contribution < 1.29 is 13.2 Å². The second-order valence-corrected chi connectivity index (χ2v) is 7.51. The maximum atomic E-state index is 13.5. The number of anilines is 1. The van der Waals surface area contributed by atoms with E-state index in [1.54, 1.807) is 12.1 Å². The Morgan fingerprint density at radius 2 is 1.86 bits per heavy atom. The smallest absolute Gasteiger partial charge is 0.226 e. The first kappa shape index (κ1) is 19.6. The molecule has 4 rings (SSSR count). The molecule has 1 aliphatic heterocycles. The Kier molecular flexibility index (Phi) is 5.67. The molecule has 2 heterocycles. The standard InChI is InChI=1S/C22H23F3N4/c1-14-18-12-16(23)5-7-21(18)28-22(27-14)29-9-2-3-17(8-10-29)26-13-15-4-6-19(24)20(25)11-15/h4-7,11-12,17,26H,2-3,8-10,13H2,1H3/t17-/m1/s1. The van der Waals surface area contributed by atoms with E-state index in [4.69, 9.17) is 0 Å². The zero-order valence-electron chi connectivity index (χ0n) is 16.3. The van der Waals surface area contributed by atoms with E-state index >= 15 is 0 Å². The molecule has 0 amide bonds. The van der Waals surface area contributed by atoms with Crippen LogP contribution in [0.15, 0.2) is 36.4 Å². The first-order chi connectivity index (χ1) is 14.0. The monoisotopic (exact) mass is 400 g/mol. The fourth-order valence-corrected chi connectivity index (χ4v) is 3.79. The van der Waals surface area contributed by atoms with Gasteiger partial charge in [0.25, 0.3) is 0 Å². The van der Waals surface area contributed by atoms with Crippen molar-refractivity contribution >= 4 is 16.9 Å². The summed E-state index contributed by atoms with van der Waals surface area (Å²) in [6.07, 6.45) is 2.85. The molecule has 7 heteroatoms. The molecule has 29 heavy (non-hydrogen) atoms. The molecule has 4 nitrogen and oxygen atoms in total. The fourth-order valence-electron chi connectivity index (χ4n) is 3.79. The average molecular weight is 400 g/mol. The number of rotatable bonds is 4. The molecule has 0 saturated carbocycles. The van der Waals surface area contributed by atoms with Gasteiger partial charge in [-0.15, -0.1) is 0 Å². The van der Waals surface area contributed by atoms with Gasteiger partial charge in [-0.3, -0.25) is 0 Å². The van der Waals surface area contributed by atoms with Crippen LogP contribution in [0, 0.1) is 24.4 Å². The van der Waals surface area contributed by atoms with Gasteiger partial charge in [0.15, 0.2) is 11.6 Å². The van der Waals surface area contributed by atoms with Gasteiger partial charge in [0.2, 0.25) is 5.95 Å². The van der Waals surface area contributed by atoms with Gasteiger partial charge in [0.1, 0.15) is 5.82 Å². The normalized spacial score (nSPS) is 17.5. The highest BCUT2D eigenvalue weighted by Crippen LogP contribution is 2.22. The van der Waals surface area contributed by atoms with Crippen molar-refractivity contribution in [1.82, 2.24) is 15.3 Å². The van der Waals surface area contributed by atoms with Gasteiger partial charge in [-0.05, 0) is 62.1 Å². The molecule has 152 valence electrons. The van der Waals surface area contributed by atoms with Crippen LogP contribution in [0.3, 0.4) is 0 Å². The summed E-state index contributed by atoms with van der Waals surface area (Å²) in [5.41, 5.74) is 2.23. The lowest BCUT2D eigenvalue weighted by Gasteiger charge is -2.21. The molecule has 0 unspecified atom stereocenters. The number of nitrogens with zero attached hydrogens (tertiary/aromatic N) is 3. The van der Waals surface area contributed by atoms with Crippen LogP contribution in [-0.2, 0) is 6.54 Å². The lowest BCUT2D eigenvalue weighted by molar-refractivity contribution is 0.466. The summed E-state index contributed by atoms with van der Waals surface area (Å²) in [4.78, 5) is 11.4. The molecule has 0 spiro atoms. The lowest BCUT2D eigenvalue weighted by Crippen LogP contribution is -2.31. The van der Waals surface area contributed by atoms with Gasteiger partial charge in [-0.1, -0.05) is 6.07 Å². The Balaban J connectivity index is 1.41. The van der Waals surface area contributed by atoms with E-state index in [-0.39, 0.29) is 11.9 Å². The minimum Gasteiger partial charge on any atom is -0.341 e. The minimum absolute atomic E-state index is 0.281.